The highest BCUT2D eigenvalue weighted by molar-refractivity contribution is 9.10. The molecule has 2 aromatic carbocycles. The monoisotopic (exact) mass is 618 g/mol. The average Bonchev–Trinajstić information content (AvgIpc) is 3.36. The van der Waals surface area contributed by atoms with E-state index in [1.807, 2.05) is 18.2 Å². The number of hydrogen-bond donors (Lipinski definition) is 2. The van der Waals surface area contributed by atoms with E-state index in [1.165, 1.54) is 23.5 Å². The summed E-state index contributed by atoms with van der Waals surface area (Å²) in [6.07, 6.45) is 0. The number of methoxy groups -OCH3 is 1. The summed E-state index contributed by atoms with van der Waals surface area (Å²) < 4.78 is 31.8. The molecule has 2 atom stereocenters. The molecule has 39 heavy (non-hydrogen) atoms. The molecule has 2 unspecified atom stereocenters. The summed E-state index contributed by atoms with van der Waals surface area (Å²) in [6.45, 7) is 3.61. The van der Waals surface area contributed by atoms with Gasteiger partial charge in [0.15, 0.2) is 10.8 Å². The number of esters is 1. The highest BCUT2D eigenvalue weighted by Crippen LogP contribution is 2.38. The van der Waals surface area contributed by atoms with Gasteiger partial charge in [0, 0.05) is 23.3 Å². The van der Waals surface area contributed by atoms with Gasteiger partial charge in [-0.25, -0.2) is 14.2 Å². The van der Waals surface area contributed by atoms with E-state index in [-0.39, 0.29) is 19.3 Å². The number of aromatic nitrogens is 1. The molecular formula is C27H28BrFN4O5S. The third kappa shape index (κ3) is 5.85. The third-order valence-electron chi connectivity index (χ3n) is 6.60. The average molecular weight is 620 g/mol. The third-order valence-corrected chi connectivity index (χ3v) is 8.31. The maximum Gasteiger partial charge on any atom is 0.338 e. The number of carbonyl (C=O) groups excluding carboxylic acids is 1. The van der Waals surface area contributed by atoms with Crippen molar-refractivity contribution in [1.29, 1.82) is 0 Å². The number of fused-ring (bicyclic) bond motifs is 1. The van der Waals surface area contributed by atoms with Crippen LogP contribution in [0.5, 0.6) is 5.75 Å². The molecule has 1 saturated heterocycles. The van der Waals surface area contributed by atoms with Gasteiger partial charge in [0.2, 0.25) is 0 Å². The molecule has 1 aromatic heterocycles. The molecule has 0 saturated carbocycles. The van der Waals surface area contributed by atoms with Crippen molar-refractivity contribution in [2.75, 3.05) is 46.6 Å². The van der Waals surface area contributed by atoms with E-state index in [0.29, 0.717) is 58.5 Å². The Kier molecular flexibility index (Phi) is 8.57. The van der Waals surface area contributed by atoms with Crippen LogP contribution in [-0.4, -0.2) is 79.5 Å². The molecule has 3 aromatic rings. The van der Waals surface area contributed by atoms with Crippen LogP contribution in [0, 0.1) is 5.82 Å². The minimum absolute atomic E-state index is 0.0877. The zero-order valence-corrected chi connectivity index (χ0v) is 23.8. The Labute approximate surface area is 237 Å². The number of aliphatic hydroxyl groups is 1. The Morgan fingerprint density at radius 3 is 2.92 bits per heavy atom. The smallest absolute Gasteiger partial charge is 0.338 e. The second kappa shape index (κ2) is 12.1. The van der Waals surface area contributed by atoms with E-state index in [2.05, 4.69) is 26.1 Å². The zero-order chi connectivity index (χ0) is 27.5. The van der Waals surface area contributed by atoms with E-state index < -0.39 is 17.8 Å². The van der Waals surface area contributed by atoms with Crippen molar-refractivity contribution in [3.8, 4) is 5.75 Å². The number of carbonyl (C=O) groups is 1. The summed E-state index contributed by atoms with van der Waals surface area (Å²) >= 11 is 4.91. The summed E-state index contributed by atoms with van der Waals surface area (Å²) in [5, 5.41) is 14.0. The SMILES string of the molecule is CCOC(=O)C1=C(CN2CCOCC2CO)NC(c2nc3ccc(OC)cc3s2)=NC1c1ccc(F)cc1Br. The molecule has 3 heterocycles. The van der Waals surface area contributed by atoms with Crippen LogP contribution >= 0.6 is 27.3 Å². The van der Waals surface area contributed by atoms with Crippen LogP contribution in [0.15, 0.2) is 57.1 Å². The first kappa shape index (κ1) is 27.7. The van der Waals surface area contributed by atoms with Crippen LogP contribution in [0.25, 0.3) is 10.2 Å². The first-order valence-corrected chi connectivity index (χ1v) is 14.1. The summed E-state index contributed by atoms with van der Waals surface area (Å²) in [7, 11) is 1.61. The Balaban J connectivity index is 1.64. The summed E-state index contributed by atoms with van der Waals surface area (Å²) in [4.78, 5) is 25.2. The van der Waals surface area contributed by atoms with Crippen LogP contribution in [0.3, 0.4) is 0 Å². The molecule has 2 aliphatic rings. The van der Waals surface area contributed by atoms with E-state index in [4.69, 9.17) is 24.2 Å². The molecule has 9 nitrogen and oxygen atoms in total. The number of amidine groups is 1. The Morgan fingerprint density at radius 2 is 2.18 bits per heavy atom. The van der Waals surface area contributed by atoms with Crippen LogP contribution in [-0.2, 0) is 14.3 Å². The summed E-state index contributed by atoms with van der Waals surface area (Å²) in [5.74, 6) is 0.266. The standard InChI is InChI=1S/C27H28BrFN4O5S/c1-3-38-27(35)23-21(12-33-8-9-37-14-16(33)13-34)30-25(32-24(23)18-6-4-15(29)10-19(18)28)26-31-20-7-5-17(36-2)11-22(20)39-26/h4-7,10-11,16,24,34H,3,8-9,12-14H2,1-2H3,(H,30,32). The van der Waals surface area contributed by atoms with Crippen LogP contribution < -0.4 is 10.1 Å². The predicted octanol–water partition coefficient (Wildman–Crippen LogP) is 3.81. The highest BCUT2D eigenvalue weighted by atomic mass is 79.9. The number of rotatable bonds is 8. The minimum Gasteiger partial charge on any atom is -0.497 e. The lowest BCUT2D eigenvalue weighted by atomic mass is 9.95. The first-order chi connectivity index (χ1) is 18.9. The molecule has 2 N–H and O–H groups in total. The number of hydrogen-bond acceptors (Lipinski definition) is 10. The fourth-order valence-electron chi connectivity index (χ4n) is 4.63. The van der Waals surface area contributed by atoms with Crippen molar-refractivity contribution in [1.82, 2.24) is 15.2 Å². The molecule has 2 aliphatic heterocycles. The maximum absolute atomic E-state index is 14.0. The van der Waals surface area contributed by atoms with Crippen LogP contribution in [0.2, 0.25) is 0 Å². The van der Waals surface area contributed by atoms with Gasteiger partial charge in [0.05, 0.1) is 55.4 Å². The van der Waals surface area contributed by atoms with Gasteiger partial charge in [-0.1, -0.05) is 22.0 Å². The number of halogens is 2. The van der Waals surface area contributed by atoms with E-state index >= 15 is 0 Å². The van der Waals surface area contributed by atoms with E-state index in [9.17, 15) is 14.3 Å². The van der Waals surface area contributed by atoms with Gasteiger partial charge in [-0.05, 0) is 42.8 Å². The van der Waals surface area contributed by atoms with Gasteiger partial charge in [0.25, 0.3) is 0 Å². The normalized spacial score (nSPS) is 20.1. The van der Waals surface area contributed by atoms with Gasteiger partial charge in [-0.2, -0.15) is 0 Å². The molecule has 0 aliphatic carbocycles. The fraction of sp³-hybridized carbons (Fsp3) is 0.370. The van der Waals surface area contributed by atoms with Gasteiger partial charge in [-0.3, -0.25) is 9.89 Å². The molecule has 206 valence electrons. The minimum atomic E-state index is -0.791. The van der Waals surface area contributed by atoms with Crippen LogP contribution in [0.1, 0.15) is 23.5 Å². The molecule has 0 spiro atoms. The fourth-order valence-corrected chi connectivity index (χ4v) is 6.14. The van der Waals surface area contributed by atoms with E-state index in [0.717, 1.165) is 16.0 Å². The largest absolute Gasteiger partial charge is 0.497 e. The molecule has 0 amide bonds. The van der Waals surface area contributed by atoms with Gasteiger partial charge in [-0.15, -0.1) is 11.3 Å². The van der Waals surface area contributed by atoms with Crippen molar-refractivity contribution < 1.29 is 28.5 Å². The van der Waals surface area contributed by atoms with Crippen molar-refractivity contribution in [2.45, 2.75) is 19.0 Å². The lowest BCUT2D eigenvalue weighted by Gasteiger charge is -2.37. The summed E-state index contributed by atoms with van der Waals surface area (Å²) in [6, 6.07) is 8.92. The number of benzene rings is 2. The predicted molar refractivity (Wildman–Crippen MR) is 150 cm³/mol. The Bertz CT molecular complexity index is 1440. The molecular weight excluding hydrogens is 591 g/mol. The van der Waals surface area contributed by atoms with Crippen molar-refractivity contribution in [3.63, 3.8) is 0 Å². The second-order valence-electron chi connectivity index (χ2n) is 9.02. The lowest BCUT2D eigenvalue weighted by Crippen LogP contribution is -2.50. The molecule has 5 rings (SSSR count). The second-order valence-corrected chi connectivity index (χ2v) is 10.9. The van der Waals surface area contributed by atoms with Gasteiger partial charge in [0.1, 0.15) is 17.6 Å². The Morgan fingerprint density at radius 1 is 1.33 bits per heavy atom. The quantitative estimate of drug-likeness (QED) is 0.367. The molecule has 0 bridgehead atoms. The van der Waals surface area contributed by atoms with Crippen molar-refractivity contribution in [2.24, 2.45) is 4.99 Å². The summed E-state index contributed by atoms with van der Waals surface area (Å²) in [5.41, 5.74) is 2.30. The van der Waals surface area contributed by atoms with Crippen molar-refractivity contribution in [3.05, 3.63) is 68.5 Å². The number of nitrogens with zero attached hydrogens (tertiary/aromatic N) is 3. The molecule has 0 radical (unpaired) electrons. The first-order valence-electron chi connectivity index (χ1n) is 12.5. The zero-order valence-electron chi connectivity index (χ0n) is 21.4. The number of morpholine rings is 1. The van der Waals surface area contributed by atoms with Crippen molar-refractivity contribution >= 4 is 49.3 Å². The number of nitrogens with one attached hydrogen (secondary N) is 1. The topological polar surface area (TPSA) is 106 Å². The number of ether oxygens (including phenoxy) is 3. The van der Waals surface area contributed by atoms with Gasteiger partial charge < -0.3 is 24.6 Å². The molecule has 12 heteroatoms. The number of aliphatic imine (C=N–C) groups is 1. The van der Waals surface area contributed by atoms with E-state index in [1.54, 1.807) is 20.1 Å². The van der Waals surface area contributed by atoms with Crippen LogP contribution in [0.4, 0.5) is 4.39 Å². The number of thiazole rings is 1. The number of aliphatic hydroxyl groups excluding tert-OH is 1. The Hall–Kier alpha value is -2.90. The lowest BCUT2D eigenvalue weighted by molar-refractivity contribution is -0.139. The van der Waals surface area contributed by atoms with Gasteiger partial charge >= 0.3 is 5.97 Å². The maximum atomic E-state index is 14.0. The highest BCUT2D eigenvalue weighted by Gasteiger charge is 2.36. The molecule has 1 fully saturated rings.